The van der Waals surface area contributed by atoms with Crippen molar-refractivity contribution in [2.75, 3.05) is 41.9 Å². The Morgan fingerprint density at radius 1 is 1.26 bits per heavy atom. The van der Waals surface area contributed by atoms with Gasteiger partial charge in [-0.05, 0) is 31.2 Å². The summed E-state index contributed by atoms with van der Waals surface area (Å²) >= 11 is 0. The van der Waals surface area contributed by atoms with Gasteiger partial charge in [0.2, 0.25) is 0 Å². The summed E-state index contributed by atoms with van der Waals surface area (Å²) in [4.78, 5) is 21.0. The van der Waals surface area contributed by atoms with Crippen LogP contribution in [0.15, 0.2) is 42.6 Å². The predicted molar refractivity (Wildman–Crippen MR) is 91.5 cm³/mol. The SMILES string of the molecule is CCN1CCN(C(=O)Nc2ccccc2OC)c2cccnc21. The highest BCUT2D eigenvalue weighted by molar-refractivity contribution is 6.04. The highest BCUT2D eigenvalue weighted by Gasteiger charge is 2.27. The van der Waals surface area contributed by atoms with Crippen molar-refractivity contribution in [1.82, 2.24) is 4.98 Å². The number of pyridine rings is 1. The Balaban J connectivity index is 1.86. The fourth-order valence-corrected chi connectivity index (χ4v) is 2.74. The van der Waals surface area contributed by atoms with Crippen LogP contribution in [0.5, 0.6) is 5.75 Å². The molecule has 1 aromatic carbocycles. The van der Waals surface area contributed by atoms with Gasteiger partial charge >= 0.3 is 6.03 Å². The lowest BCUT2D eigenvalue weighted by Gasteiger charge is -2.36. The minimum atomic E-state index is -0.181. The molecule has 23 heavy (non-hydrogen) atoms. The number of rotatable bonds is 3. The van der Waals surface area contributed by atoms with Crippen molar-refractivity contribution in [3.63, 3.8) is 0 Å². The number of anilines is 3. The molecule has 1 N–H and O–H groups in total. The van der Waals surface area contributed by atoms with Gasteiger partial charge < -0.3 is 15.0 Å². The molecule has 3 rings (SSSR count). The molecule has 0 fully saturated rings. The minimum absolute atomic E-state index is 0.181. The topological polar surface area (TPSA) is 57.7 Å². The summed E-state index contributed by atoms with van der Waals surface area (Å²) in [5, 5.41) is 2.92. The number of carbonyl (C=O) groups excluding carboxylic acids is 1. The van der Waals surface area contributed by atoms with E-state index in [9.17, 15) is 4.79 Å². The van der Waals surface area contributed by atoms with Gasteiger partial charge in [0.1, 0.15) is 5.75 Å². The smallest absolute Gasteiger partial charge is 0.326 e. The van der Waals surface area contributed by atoms with Crippen LogP contribution in [-0.2, 0) is 0 Å². The van der Waals surface area contributed by atoms with Crippen LogP contribution in [0, 0.1) is 0 Å². The molecule has 0 unspecified atom stereocenters. The van der Waals surface area contributed by atoms with Gasteiger partial charge in [0.25, 0.3) is 0 Å². The van der Waals surface area contributed by atoms with Gasteiger partial charge in [-0.15, -0.1) is 0 Å². The standard InChI is InChI=1S/C17H20N4O2/c1-3-20-11-12-21(14-8-6-10-18-16(14)20)17(22)19-13-7-4-5-9-15(13)23-2/h4-10H,3,11-12H2,1-2H3,(H,19,22). The quantitative estimate of drug-likeness (QED) is 0.946. The van der Waals surface area contributed by atoms with Crippen molar-refractivity contribution in [1.29, 1.82) is 0 Å². The average molecular weight is 312 g/mol. The molecule has 0 radical (unpaired) electrons. The number of methoxy groups -OCH3 is 1. The molecule has 0 bridgehead atoms. The van der Waals surface area contributed by atoms with E-state index in [1.807, 2.05) is 36.4 Å². The lowest BCUT2D eigenvalue weighted by molar-refractivity contribution is 0.256. The molecule has 1 aliphatic heterocycles. The van der Waals surface area contributed by atoms with Crippen molar-refractivity contribution >= 4 is 23.2 Å². The van der Waals surface area contributed by atoms with Gasteiger partial charge in [0, 0.05) is 25.8 Å². The average Bonchev–Trinajstić information content (AvgIpc) is 2.61. The lowest BCUT2D eigenvalue weighted by Crippen LogP contribution is -2.46. The van der Waals surface area contributed by atoms with Crippen LogP contribution in [-0.4, -0.2) is 37.8 Å². The Labute approximate surface area is 135 Å². The lowest BCUT2D eigenvalue weighted by atomic mass is 10.2. The number of nitrogens with one attached hydrogen (secondary N) is 1. The van der Waals surface area contributed by atoms with Crippen LogP contribution in [0.4, 0.5) is 22.0 Å². The number of aromatic nitrogens is 1. The fraction of sp³-hybridized carbons (Fsp3) is 0.294. The van der Waals surface area contributed by atoms with E-state index in [0.29, 0.717) is 18.0 Å². The second kappa shape index (κ2) is 6.56. The van der Waals surface area contributed by atoms with E-state index in [0.717, 1.165) is 24.6 Å². The van der Waals surface area contributed by atoms with Gasteiger partial charge in [-0.1, -0.05) is 12.1 Å². The van der Waals surface area contributed by atoms with Crippen molar-refractivity contribution in [2.24, 2.45) is 0 Å². The van der Waals surface area contributed by atoms with Gasteiger partial charge in [0.05, 0.1) is 18.5 Å². The fourth-order valence-electron chi connectivity index (χ4n) is 2.74. The van der Waals surface area contributed by atoms with Crippen LogP contribution in [0.3, 0.4) is 0 Å². The number of fused-ring (bicyclic) bond motifs is 1. The maximum absolute atomic E-state index is 12.7. The summed E-state index contributed by atoms with van der Waals surface area (Å²) in [6, 6.07) is 11.0. The van der Waals surface area contributed by atoms with Gasteiger partial charge in [0.15, 0.2) is 5.82 Å². The third-order valence-electron chi connectivity index (χ3n) is 3.93. The predicted octanol–water partition coefficient (Wildman–Crippen LogP) is 2.97. The maximum Gasteiger partial charge on any atom is 0.326 e. The monoisotopic (exact) mass is 312 g/mol. The van der Waals surface area contributed by atoms with E-state index < -0.39 is 0 Å². The zero-order valence-electron chi connectivity index (χ0n) is 13.3. The molecule has 1 aliphatic rings. The normalized spacial score (nSPS) is 13.5. The molecule has 0 aliphatic carbocycles. The van der Waals surface area contributed by atoms with Crippen LogP contribution < -0.4 is 19.9 Å². The Morgan fingerprint density at radius 2 is 2.09 bits per heavy atom. The number of urea groups is 1. The number of amides is 2. The highest BCUT2D eigenvalue weighted by atomic mass is 16.5. The molecule has 0 saturated carbocycles. The van der Waals surface area contributed by atoms with Crippen molar-refractivity contribution in [2.45, 2.75) is 6.92 Å². The summed E-state index contributed by atoms with van der Waals surface area (Å²) in [7, 11) is 1.59. The summed E-state index contributed by atoms with van der Waals surface area (Å²) in [5.41, 5.74) is 1.48. The number of hydrogen-bond acceptors (Lipinski definition) is 4. The van der Waals surface area contributed by atoms with Crippen molar-refractivity contribution < 1.29 is 9.53 Å². The molecule has 0 saturated heterocycles. The molecule has 120 valence electrons. The molecular weight excluding hydrogens is 292 g/mol. The van der Waals surface area contributed by atoms with Crippen LogP contribution in [0.1, 0.15) is 6.92 Å². The first-order chi connectivity index (χ1) is 11.2. The number of benzene rings is 1. The van der Waals surface area contributed by atoms with Crippen molar-refractivity contribution in [3.05, 3.63) is 42.6 Å². The summed E-state index contributed by atoms with van der Waals surface area (Å²) in [5.74, 6) is 1.48. The molecule has 2 aromatic rings. The third kappa shape index (κ3) is 2.92. The molecule has 0 atom stereocenters. The second-order valence-corrected chi connectivity index (χ2v) is 5.21. The first-order valence-electron chi connectivity index (χ1n) is 7.66. The van der Waals surface area contributed by atoms with Crippen LogP contribution >= 0.6 is 0 Å². The Bertz CT molecular complexity index is 704. The summed E-state index contributed by atoms with van der Waals surface area (Å²) in [6.07, 6.45) is 1.75. The zero-order chi connectivity index (χ0) is 16.2. The zero-order valence-corrected chi connectivity index (χ0v) is 13.3. The van der Waals surface area contributed by atoms with E-state index in [1.165, 1.54) is 0 Å². The highest BCUT2D eigenvalue weighted by Crippen LogP contribution is 2.31. The Kier molecular flexibility index (Phi) is 4.32. The van der Waals surface area contributed by atoms with E-state index in [2.05, 4.69) is 22.1 Å². The molecule has 6 heteroatoms. The second-order valence-electron chi connectivity index (χ2n) is 5.21. The maximum atomic E-state index is 12.7. The van der Waals surface area contributed by atoms with Gasteiger partial charge in [-0.3, -0.25) is 4.90 Å². The number of para-hydroxylation sites is 2. The van der Waals surface area contributed by atoms with Crippen LogP contribution in [0.25, 0.3) is 0 Å². The first kappa shape index (κ1) is 15.1. The first-order valence-corrected chi connectivity index (χ1v) is 7.66. The van der Waals surface area contributed by atoms with Crippen LogP contribution in [0.2, 0.25) is 0 Å². The summed E-state index contributed by atoms with van der Waals surface area (Å²) < 4.78 is 5.28. The summed E-state index contributed by atoms with van der Waals surface area (Å²) in [6.45, 7) is 4.34. The largest absolute Gasteiger partial charge is 0.495 e. The molecule has 0 spiro atoms. The van der Waals surface area contributed by atoms with E-state index in [-0.39, 0.29) is 6.03 Å². The Hall–Kier alpha value is -2.76. The number of carbonyl (C=O) groups is 1. The molecule has 1 aromatic heterocycles. The van der Waals surface area contributed by atoms with Gasteiger partial charge in [-0.25, -0.2) is 9.78 Å². The number of ether oxygens (including phenoxy) is 1. The van der Waals surface area contributed by atoms with E-state index in [1.54, 1.807) is 18.2 Å². The third-order valence-corrected chi connectivity index (χ3v) is 3.93. The molecular formula is C17H20N4O2. The minimum Gasteiger partial charge on any atom is -0.495 e. The van der Waals surface area contributed by atoms with Crippen molar-refractivity contribution in [3.8, 4) is 5.75 Å². The number of nitrogens with zero attached hydrogens (tertiary/aromatic N) is 3. The van der Waals surface area contributed by atoms with E-state index >= 15 is 0 Å². The van der Waals surface area contributed by atoms with Gasteiger partial charge in [-0.2, -0.15) is 0 Å². The number of hydrogen-bond donors (Lipinski definition) is 1. The molecule has 2 amide bonds. The van der Waals surface area contributed by atoms with E-state index in [4.69, 9.17) is 4.74 Å². The molecule has 2 heterocycles. The number of likely N-dealkylation sites (N-methyl/N-ethyl adjacent to an activating group) is 1. The molecule has 6 nitrogen and oxygen atoms in total. The Morgan fingerprint density at radius 3 is 2.87 bits per heavy atom.